The molecule has 1 amide bonds. The SMILES string of the molecule is COc1ccc2cc3c(nc2c1)O[C@H](C)C(=O)N(C1CCC1)C3. The van der Waals surface area contributed by atoms with E-state index in [2.05, 4.69) is 11.1 Å². The summed E-state index contributed by atoms with van der Waals surface area (Å²) in [4.78, 5) is 19.2. The zero-order chi connectivity index (χ0) is 16.0. The van der Waals surface area contributed by atoms with E-state index >= 15 is 0 Å². The molecule has 4 rings (SSSR count). The number of pyridine rings is 1. The van der Waals surface area contributed by atoms with Gasteiger partial charge in [0, 0.05) is 23.1 Å². The first-order valence-corrected chi connectivity index (χ1v) is 8.10. The molecule has 0 saturated heterocycles. The number of carbonyl (C=O) groups excluding carboxylic acids is 1. The Hall–Kier alpha value is -2.30. The van der Waals surface area contributed by atoms with Crippen molar-refractivity contribution in [1.29, 1.82) is 0 Å². The number of hydrogen-bond acceptors (Lipinski definition) is 4. The molecule has 23 heavy (non-hydrogen) atoms. The summed E-state index contributed by atoms with van der Waals surface area (Å²) >= 11 is 0. The van der Waals surface area contributed by atoms with Crippen molar-refractivity contribution in [2.75, 3.05) is 7.11 Å². The second-order valence-corrected chi connectivity index (χ2v) is 6.32. The Morgan fingerprint density at radius 3 is 2.83 bits per heavy atom. The van der Waals surface area contributed by atoms with Crippen LogP contribution in [0.4, 0.5) is 0 Å². The molecule has 0 radical (unpaired) electrons. The number of carbonyl (C=O) groups is 1. The first kappa shape index (κ1) is 14.3. The largest absolute Gasteiger partial charge is 0.497 e. The fourth-order valence-corrected chi connectivity index (χ4v) is 3.24. The highest BCUT2D eigenvalue weighted by Crippen LogP contribution is 2.33. The molecule has 1 aliphatic heterocycles. The minimum atomic E-state index is -0.493. The monoisotopic (exact) mass is 312 g/mol. The van der Waals surface area contributed by atoms with Crippen molar-refractivity contribution in [3.05, 3.63) is 29.8 Å². The van der Waals surface area contributed by atoms with Crippen LogP contribution in [0.25, 0.3) is 10.9 Å². The van der Waals surface area contributed by atoms with E-state index in [-0.39, 0.29) is 5.91 Å². The molecule has 1 aromatic heterocycles. The van der Waals surface area contributed by atoms with Crippen molar-refractivity contribution in [1.82, 2.24) is 9.88 Å². The fourth-order valence-electron chi connectivity index (χ4n) is 3.24. The Kier molecular flexibility index (Phi) is 3.36. The summed E-state index contributed by atoms with van der Waals surface area (Å²) in [5.74, 6) is 1.39. The van der Waals surface area contributed by atoms with Gasteiger partial charge in [-0.15, -0.1) is 0 Å². The maximum Gasteiger partial charge on any atom is 0.263 e. The summed E-state index contributed by atoms with van der Waals surface area (Å²) in [6.45, 7) is 2.39. The third-order valence-corrected chi connectivity index (χ3v) is 4.84. The van der Waals surface area contributed by atoms with Crippen molar-refractivity contribution >= 4 is 16.8 Å². The highest BCUT2D eigenvalue weighted by atomic mass is 16.5. The molecule has 120 valence electrons. The lowest BCUT2D eigenvalue weighted by Gasteiger charge is -2.37. The van der Waals surface area contributed by atoms with Crippen LogP contribution in [-0.4, -0.2) is 35.0 Å². The van der Waals surface area contributed by atoms with Gasteiger partial charge in [0.05, 0.1) is 19.2 Å². The van der Waals surface area contributed by atoms with Gasteiger partial charge in [0.15, 0.2) is 6.10 Å². The molecule has 1 fully saturated rings. The molecule has 1 aliphatic carbocycles. The number of methoxy groups -OCH3 is 1. The van der Waals surface area contributed by atoms with Gasteiger partial charge in [0.2, 0.25) is 5.88 Å². The number of amides is 1. The van der Waals surface area contributed by atoms with Crippen LogP contribution in [-0.2, 0) is 11.3 Å². The Morgan fingerprint density at radius 2 is 2.13 bits per heavy atom. The van der Waals surface area contributed by atoms with E-state index < -0.39 is 6.10 Å². The van der Waals surface area contributed by atoms with E-state index in [1.807, 2.05) is 23.1 Å². The minimum Gasteiger partial charge on any atom is -0.497 e. The lowest BCUT2D eigenvalue weighted by molar-refractivity contribution is -0.141. The van der Waals surface area contributed by atoms with Crippen LogP contribution < -0.4 is 9.47 Å². The van der Waals surface area contributed by atoms with E-state index in [0.29, 0.717) is 18.5 Å². The average Bonchev–Trinajstić information content (AvgIpc) is 2.61. The maximum atomic E-state index is 12.6. The van der Waals surface area contributed by atoms with E-state index in [1.54, 1.807) is 14.0 Å². The van der Waals surface area contributed by atoms with Gasteiger partial charge in [-0.25, -0.2) is 4.98 Å². The van der Waals surface area contributed by atoms with Gasteiger partial charge < -0.3 is 14.4 Å². The van der Waals surface area contributed by atoms with Crippen molar-refractivity contribution in [3.63, 3.8) is 0 Å². The average molecular weight is 312 g/mol. The van der Waals surface area contributed by atoms with Crippen LogP contribution in [0, 0.1) is 0 Å². The highest BCUT2D eigenvalue weighted by Gasteiger charge is 2.35. The normalized spacial score (nSPS) is 21.4. The molecule has 1 atom stereocenters. The quantitative estimate of drug-likeness (QED) is 0.855. The number of rotatable bonds is 2. The Bertz CT molecular complexity index is 770. The second-order valence-electron chi connectivity index (χ2n) is 6.32. The van der Waals surface area contributed by atoms with Gasteiger partial charge in [0.1, 0.15) is 5.75 Å². The van der Waals surface area contributed by atoms with Crippen LogP contribution in [0.2, 0.25) is 0 Å². The van der Waals surface area contributed by atoms with E-state index in [1.165, 1.54) is 6.42 Å². The molecule has 0 spiro atoms. The van der Waals surface area contributed by atoms with Gasteiger partial charge in [0.25, 0.3) is 5.91 Å². The standard InChI is InChI=1S/C18H20N2O3/c1-11-18(21)20(14-4-3-5-14)10-13-8-12-6-7-15(22-2)9-16(12)19-17(13)23-11/h6-9,11,14H,3-5,10H2,1-2H3/t11-/m1/s1. The molecule has 0 bridgehead atoms. The van der Waals surface area contributed by atoms with Gasteiger partial charge >= 0.3 is 0 Å². The van der Waals surface area contributed by atoms with Crippen LogP contribution in [0.3, 0.4) is 0 Å². The topological polar surface area (TPSA) is 51.7 Å². The second kappa shape index (κ2) is 5.41. The van der Waals surface area contributed by atoms with Crippen molar-refractivity contribution < 1.29 is 14.3 Å². The third-order valence-electron chi connectivity index (χ3n) is 4.84. The molecular formula is C18H20N2O3. The van der Waals surface area contributed by atoms with Crippen LogP contribution in [0.15, 0.2) is 24.3 Å². The highest BCUT2D eigenvalue weighted by molar-refractivity contribution is 5.84. The van der Waals surface area contributed by atoms with E-state index in [0.717, 1.165) is 35.1 Å². The van der Waals surface area contributed by atoms with Gasteiger partial charge in [-0.3, -0.25) is 4.79 Å². The number of benzene rings is 1. The molecule has 2 aromatic rings. The van der Waals surface area contributed by atoms with Crippen LogP contribution in [0.5, 0.6) is 11.6 Å². The zero-order valence-electron chi connectivity index (χ0n) is 13.4. The summed E-state index contributed by atoms with van der Waals surface area (Å²) in [6.07, 6.45) is 2.89. The predicted octanol–water partition coefficient (Wildman–Crippen LogP) is 2.91. The number of ether oxygens (including phenoxy) is 2. The smallest absolute Gasteiger partial charge is 0.263 e. The molecular weight excluding hydrogens is 292 g/mol. The molecule has 5 nitrogen and oxygen atoms in total. The van der Waals surface area contributed by atoms with Crippen molar-refractivity contribution in [2.24, 2.45) is 0 Å². The molecule has 1 saturated carbocycles. The zero-order valence-corrected chi connectivity index (χ0v) is 13.4. The summed E-state index contributed by atoms with van der Waals surface area (Å²) in [6, 6.07) is 8.23. The summed E-state index contributed by atoms with van der Waals surface area (Å²) in [5.41, 5.74) is 1.80. The van der Waals surface area contributed by atoms with Gasteiger partial charge in [-0.2, -0.15) is 0 Å². The fraction of sp³-hybridized carbons (Fsp3) is 0.444. The Labute approximate surface area is 135 Å². The third kappa shape index (κ3) is 2.40. The lowest BCUT2D eigenvalue weighted by atomic mass is 9.91. The molecule has 0 N–H and O–H groups in total. The number of hydrogen-bond donors (Lipinski definition) is 0. The summed E-state index contributed by atoms with van der Waals surface area (Å²) < 4.78 is 11.1. The molecule has 2 heterocycles. The number of fused-ring (bicyclic) bond motifs is 2. The first-order valence-electron chi connectivity index (χ1n) is 8.10. The molecule has 1 aromatic carbocycles. The summed E-state index contributed by atoms with van der Waals surface area (Å²) in [5, 5.41) is 1.03. The molecule has 5 heteroatoms. The number of aromatic nitrogens is 1. The molecule has 0 unspecified atom stereocenters. The number of nitrogens with zero attached hydrogens (tertiary/aromatic N) is 2. The Balaban J connectivity index is 1.78. The van der Waals surface area contributed by atoms with Crippen LogP contribution >= 0.6 is 0 Å². The van der Waals surface area contributed by atoms with E-state index in [9.17, 15) is 4.79 Å². The van der Waals surface area contributed by atoms with Gasteiger partial charge in [-0.05, 0) is 44.4 Å². The van der Waals surface area contributed by atoms with Crippen LogP contribution in [0.1, 0.15) is 31.7 Å². The minimum absolute atomic E-state index is 0.0642. The Morgan fingerprint density at radius 1 is 1.30 bits per heavy atom. The maximum absolute atomic E-state index is 12.6. The van der Waals surface area contributed by atoms with Crippen molar-refractivity contribution in [2.45, 2.75) is 44.9 Å². The molecule has 2 aliphatic rings. The predicted molar refractivity (Wildman–Crippen MR) is 86.6 cm³/mol. The first-order chi connectivity index (χ1) is 11.2. The van der Waals surface area contributed by atoms with Crippen molar-refractivity contribution in [3.8, 4) is 11.6 Å². The lowest BCUT2D eigenvalue weighted by Crippen LogP contribution is -2.47. The summed E-state index contributed by atoms with van der Waals surface area (Å²) in [7, 11) is 1.64. The van der Waals surface area contributed by atoms with Gasteiger partial charge in [-0.1, -0.05) is 0 Å². The van der Waals surface area contributed by atoms with E-state index in [4.69, 9.17) is 9.47 Å².